The van der Waals surface area contributed by atoms with E-state index in [1.54, 1.807) is 10.4 Å². The van der Waals surface area contributed by atoms with Gasteiger partial charge < -0.3 is 9.80 Å². The highest BCUT2D eigenvalue weighted by Gasteiger charge is 2.30. The van der Waals surface area contributed by atoms with Gasteiger partial charge in [0.15, 0.2) is 0 Å². The molecular weight excluding hydrogens is 422 g/mol. The van der Waals surface area contributed by atoms with Crippen LogP contribution in [0.5, 0.6) is 0 Å². The fraction of sp³-hybridized carbons (Fsp3) is 0.417. The minimum absolute atomic E-state index is 0.384. The normalized spacial score (nSPS) is 18.3. The third kappa shape index (κ3) is 4.04. The van der Waals surface area contributed by atoms with Crippen molar-refractivity contribution in [1.82, 2.24) is 14.3 Å². The van der Waals surface area contributed by atoms with Crippen molar-refractivity contribution in [1.29, 1.82) is 0 Å². The zero-order chi connectivity index (χ0) is 22.1. The smallest absolute Gasteiger partial charge is 0.243 e. The molecule has 32 heavy (non-hydrogen) atoms. The molecule has 8 heteroatoms. The molecule has 2 aliphatic heterocycles. The van der Waals surface area contributed by atoms with E-state index in [0.29, 0.717) is 31.1 Å². The van der Waals surface area contributed by atoms with Gasteiger partial charge in [-0.2, -0.15) is 4.31 Å². The van der Waals surface area contributed by atoms with Crippen molar-refractivity contribution in [3.8, 4) is 0 Å². The highest BCUT2D eigenvalue weighted by Crippen LogP contribution is 2.28. The van der Waals surface area contributed by atoms with Gasteiger partial charge in [-0.25, -0.2) is 18.4 Å². The maximum absolute atomic E-state index is 13.4. The quantitative estimate of drug-likeness (QED) is 0.605. The highest BCUT2D eigenvalue weighted by atomic mass is 32.2. The van der Waals surface area contributed by atoms with Crippen LogP contribution in [0.4, 0.5) is 11.6 Å². The van der Waals surface area contributed by atoms with Gasteiger partial charge in [-0.05, 0) is 37.6 Å². The summed E-state index contributed by atoms with van der Waals surface area (Å²) in [6.45, 7) is 6.10. The van der Waals surface area contributed by atoms with Crippen molar-refractivity contribution >= 4 is 32.4 Å². The van der Waals surface area contributed by atoms with Gasteiger partial charge in [0.1, 0.15) is 17.5 Å². The summed E-state index contributed by atoms with van der Waals surface area (Å²) >= 11 is 0. The largest absolute Gasteiger partial charge is 0.356 e. The second kappa shape index (κ2) is 8.67. The van der Waals surface area contributed by atoms with Crippen LogP contribution < -0.4 is 9.80 Å². The van der Waals surface area contributed by atoms with Crippen LogP contribution in [0.15, 0.2) is 53.4 Å². The van der Waals surface area contributed by atoms with Crippen LogP contribution in [-0.2, 0) is 10.0 Å². The van der Waals surface area contributed by atoms with Crippen LogP contribution in [0.3, 0.4) is 0 Å². The number of nitrogens with zero attached hydrogens (tertiary/aromatic N) is 5. The molecule has 0 unspecified atom stereocenters. The maximum Gasteiger partial charge on any atom is 0.243 e. The summed E-state index contributed by atoms with van der Waals surface area (Å²) in [4.78, 5) is 14.2. The topological polar surface area (TPSA) is 69.6 Å². The summed E-state index contributed by atoms with van der Waals surface area (Å²) in [6, 6.07) is 15.2. The first kappa shape index (κ1) is 21.2. The molecule has 0 amide bonds. The number of piperidine rings is 1. The highest BCUT2D eigenvalue weighted by molar-refractivity contribution is 7.89. The van der Waals surface area contributed by atoms with Crippen molar-refractivity contribution < 1.29 is 8.42 Å². The average Bonchev–Trinajstić information content (AvgIpc) is 2.84. The van der Waals surface area contributed by atoms with Crippen molar-refractivity contribution in [2.75, 3.05) is 49.1 Å². The zero-order valence-corrected chi connectivity index (χ0v) is 19.3. The van der Waals surface area contributed by atoms with E-state index in [4.69, 9.17) is 0 Å². The molecule has 2 aromatic carbocycles. The molecule has 0 spiro atoms. The molecule has 2 aliphatic rings. The number of fused-ring (bicyclic) bond motifs is 1. The summed E-state index contributed by atoms with van der Waals surface area (Å²) in [6.07, 6.45) is 3.67. The minimum Gasteiger partial charge on any atom is -0.356 e. The lowest BCUT2D eigenvalue weighted by molar-refractivity contribution is 0.384. The fourth-order valence-electron chi connectivity index (χ4n) is 4.70. The van der Waals surface area contributed by atoms with Gasteiger partial charge in [-0.1, -0.05) is 36.4 Å². The van der Waals surface area contributed by atoms with Crippen LogP contribution in [-0.4, -0.2) is 62.0 Å². The Labute approximate surface area is 189 Å². The van der Waals surface area contributed by atoms with E-state index < -0.39 is 10.0 Å². The van der Waals surface area contributed by atoms with E-state index in [0.717, 1.165) is 41.3 Å². The van der Waals surface area contributed by atoms with E-state index in [1.165, 1.54) is 19.3 Å². The Morgan fingerprint density at radius 3 is 2.09 bits per heavy atom. The molecule has 168 valence electrons. The number of aromatic nitrogens is 2. The number of sulfonamides is 1. The van der Waals surface area contributed by atoms with Gasteiger partial charge in [0.2, 0.25) is 10.0 Å². The van der Waals surface area contributed by atoms with Gasteiger partial charge in [-0.15, -0.1) is 0 Å². The molecule has 0 saturated carbocycles. The van der Waals surface area contributed by atoms with E-state index in [1.807, 2.05) is 43.3 Å². The van der Waals surface area contributed by atoms with E-state index in [2.05, 4.69) is 25.8 Å². The third-order valence-corrected chi connectivity index (χ3v) is 8.38. The lowest BCUT2D eigenvalue weighted by atomic mass is 10.1. The Kier molecular flexibility index (Phi) is 5.73. The standard InChI is InChI=1S/C24H29N5O2S/c1-19-25-23(27-12-5-2-6-13-27)18-24(26-19)28-14-16-29(17-15-28)32(30,31)22-11-7-9-20-8-3-4-10-21(20)22/h3-4,7-11,18H,2,5-6,12-17H2,1H3. The molecule has 2 fully saturated rings. The first-order valence-electron chi connectivity index (χ1n) is 11.4. The Balaban J connectivity index is 1.34. The third-order valence-electron chi connectivity index (χ3n) is 6.42. The molecule has 0 aliphatic carbocycles. The fourth-order valence-corrected chi connectivity index (χ4v) is 6.34. The number of rotatable bonds is 4. The van der Waals surface area contributed by atoms with Gasteiger partial charge in [0.05, 0.1) is 4.90 Å². The maximum atomic E-state index is 13.4. The lowest BCUT2D eigenvalue weighted by Crippen LogP contribution is -2.49. The summed E-state index contributed by atoms with van der Waals surface area (Å²) in [5.41, 5.74) is 0. The molecule has 7 nitrogen and oxygen atoms in total. The Hall–Kier alpha value is -2.71. The lowest BCUT2D eigenvalue weighted by Gasteiger charge is -2.35. The number of piperazine rings is 1. The average molecular weight is 452 g/mol. The van der Waals surface area contributed by atoms with E-state index >= 15 is 0 Å². The summed E-state index contributed by atoms with van der Waals surface area (Å²) in [5.74, 6) is 2.63. The SMILES string of the molecule is Cc1nc(N2CCCCC2)cc(N2CCN(S(=O)(=O)c3cccc4ccccc34)CC2)n1. The molecule has 0 N–H and O–H groups in total. The second-order valence-electron chi connectivity index (χ2n) is 8.55. The molecule has 0 radical (unpaired) electrons. The number of anilines is 2. The monoisotopic (exact) mass is 451 g/mol. The molecule has 0 bridgehead atoms. The molecule has 3 aromatic rings. The van der Waals surface area contributed by atoms with Crippen LogP contribution in [0.25, 0.3) is 10.8 Å². The van der Waals surface area contributed by atoms with Crippen molar-refractivity contribution in [3.05, 3.63) is 54.4 Å². The van der Waals surface area contributed by atoms with Crippen LogP contribution in [0.2, 0.25) is 0 Å². The molecule has 2 saturated heterocycles. The van der Waals surface area contributed by atoms with Gasteiger partial charge in [0, 0.05) is 50.7 Å². The summed E-state index contributed by atoms with van der Waals surface area (Å²) < 4.78 is 28.5. The predicted molar refractivity (Wildman–Crippen MR) is 128 cm³/mol. The predicted octanol–water partition coefficient (Wildman–Crippen LogP) is 3.44. The first-order valence-corrected chi connectivity index (χ1v) is 12.8. The van der Waals surface area contributed by atoms with Crippen LogP contribution >= 0.6 is 0 Å². The van der Waals surface area contributed by atoms with Crippen LogP contribution in [0.1, 0.15) is 25.1 Å². The van der Waals surface area contributed by atoms with Crippen LogP contribution in [0, 0.1) is 6.92 Å². The molecular formula is C24H29N5O2S. The Morgan fingerprint density at radius 1 is 0.750 bits per heavy atom. The number of benzene rings is 2. The number of hydrogen-bond acceptors (Lipinski definition) is 6. The van der Waals surface area contributed by atoms with Crippen molar-refractivity contribution in [2.24, 2.45) is 0 Å². The van der Waals surface area contributed by atoms with E-state index in [-0.39, 0.29) is 0 Å². The molecule has 0 atom stereocenters. The number of aryl methyl sites for hydroxylation is 1. The summed E-state index contributed by atoms with van der Waals surface area (Å²) in [7, 11) is -3.56. The first-order chi connectivity index (χ1) is 15.5. The van der Waals surface area contributed by atoms with Gasteiger partial charge >= 0.3 is 0 Å². The molecule has 5 rings (SSSR count). The van der Waals surface area contributed by atoms with Gasteiger partial charge in [0.25, 0.3) is 0 Å². The molecule has 3 heterocycles. The Bertz CT molecular complexity index is 1210. The van der Waals surface area contributed by atoms with Crippen molar-refractivity contribution in [3.63, 3.8) is 0 Å². The van der Waals surface area contributed by atoms with Gasteiger partial charge in [-0.3, -0.25) is 0 Å². The zero-order valence-electron chi connectivity index (χ0n) is 18.4. The molecule has 1 aromatic heterocycles. The Morgan fingerprint density at radius 2 is 1.38 bits per heavy atom. The van der Waals surface area contributed by atoms with Crippen molar-refractivity contribution in [2.45, 2.75) is 31.1 Å². The number of hydrogen-bond donors (Lipinski definition) is 0. The van der Waals surface area contributed by atoms with E-state index in [9.17, 15) is 8.42 Å². The second-order valence-corrected chi connectivity index (χ2v) is 10.5. The minimum atomic E-state index is -3.56. The summed E-state index contributed by atoms with van der Waals surface area (Å²) in [5, 5.41) is 1.71.